The SMILES string of the molecule is O=C(/C=C/c1cccc(OC2CCCC2)c1)OCCCc1ccncc1. The lowest BCUT2D eigenvalue weighted by atomic mass is 10.1. The van der Waals surface area contributed by atoms with Gasteiger partial charge in [0.05, 0.1) is 12.7 Å². The van der Waals surface area contributed by atoms with E-state index < -0.39 is 0 Å². The highest BCUT2D eigenvalue weighted by atomic mass is 16.5. The van der Waals surface area contributed by atoms with Crippen molar-refractivity contribution in [1.29, 1.82) is 0 Å². The van der Waals surface area contributed by atoms with Gasteiger partial charge in [-0.2, -0.15) is 0 Å². The molecule has 1 saturated carbocycles. The van der Waals surface area contributed by atoms with Crippen LogP contribution in [-0.4, -0.2) is 23.7 Å². The summed E-state index contributed by atoms with van der Waals surface area (Å²) >= 11 is 0. The molecule has 0 saturated heterocycles. The van der Waals surface area contributed by atoms with Gasteiger partial charge in [0.1, 0.15) is 5.75 Å². The van der Waals surface area contributed by atoms with Gasteiger partial charge < -0.3 is 9.47 Å². The zero-order valence-corrected chi connectivity index (χ0v) is 15.0. The number of aryl methyl sites for hydroxylation is 1. The van der Waals surface area contributed by atoms with E-state index in [-0.39, 0.29) is 5.97 Å². The normalized spacial score (nSPS) is 14.6. The average Bonchev–Trinajstić information content (AvgIpc) is 3.18. The highest BCUT2D eigenvalue weighted by Gasteiger charge is 2.16. The van der Waals surface area contributed by atoms with Crippen LogP contribution >= 0.6 is 0 Å². The fraction of sp³-hybridized carbons (Fsp3) is 0.364. The Morgan fingerprint density at radius 2 is 1.96 bits per heavy atom. The molecule has 1 aliphatic carbocycles. The Labute approximate surface area is 154 Å². The lowest BCUT2D eigenvalue weighted by molar-refractivity contribution is -0.137. The Kier molecular flexibility index (Phi) is 6.82. The van der Waals surface area contributed by atoms with Crippen LogP contribution < -0.4 is 4.74 Å². The molecule has 26 heavy (non-hydrogen) atoms. The van der Waals surface area contributed by atoms with Crippen LogP contribution in [0.25, 0.3) is 6.08 Å². The lowest BCUT2D eigenvalue weighted by Gasteiger charge is -2.13. The molecule has 0 radical (unpaired) electrons. The first-order valence-electron chi connectivity index (χ1n) is 9.30. The third-order valence-electron chi connectivity index (χ3n) is 4.48. The third kappa shape index (κ3) is 6.03. The number of rotatable bonds is 8. The maximum absolute atomic E-state index is 11.8. The topological polar surface area (TPSA) is 48.4 Å². The van der Waals surface area contributed by atoms with E-state index >= 15 is 0 Å². The van der Waals surface area contributed by atoms with E-state index in [9.17, 15) is 4.79 Å². The van der Waals surface area contributed by atoms with Crippen LogP contribution in [0.4, 0.5) is 0 Å². The number of carbonyl (C=O) groups is 1. The van der Waals surface area contributed by atoms with Gasteiger partial charge in [-0.3, -0.25) is 4.98 Å². The molecule has 0 atom stereocenters. The summed E-state index contributed by atoms with van der Waals surface area (Å²) in [5.41, 5.74) is 2.14. The van der Waals surface area contributed by atoms with Crippen molar-refractivity contribution in [2.24, 2.45) is 0 Å². The second kappa shape index (κ2) is 9.76. The Morgan fingerprint density at radius 3 is 2.77 bits per heavy atom. The van der Waals surface area contributed by atoms with Gasteiger partial charge in [-0.05, 0) is 80.0 Å². The quantitative estimate of drug-likeness (QED) is 0.396. The average molecular weight is 351 g/mol. The van der Waals surface area contributed by atoms with Crippen molar-refractivity contribution in [3.8, 4) is 5.75 Å². The fourth-order valence-electron chi connectivity index (χ4n) is 3.10. The minimum atomic E-state index is -0.318. The van der Waals surface area contributed by atoms with Crippen LogP contribution in [-0.2, 0) is 16.0 Å². The van der Waals surface area contributed by atoms with Gasteiger partial charge in [-0.15, -0.1) is 0 Å². The van der Waals surface area contributed by atoms with Crippen LogP contribution in [0, 0.1) is 0 Å². The highest BCUT2D eigenvalue weighted by molar-refractivity contribution is 5.87. The van der Waals surface area contributed by atoms with E-state index in [1.54, 1.807) is 18.5 Å². The van der Waals surface area contributed by atoms with Gasteiger partial charge in [0.15, 0.2) is 0 Å². The molecule has 1 aliphatic rings. The lowest BCUT2D eigenvalue weighted by Crippen LogP contribution is -2.10. The molecule has 0 N–H and O–H groups in total. The van der Waals surface area contributed by atoms with Gasteiger partial charge in [0.2, 0.25) is 0 Å². The number of hydrogen-bond acceptors (Lipinski definition) is 4. The third-order valence-corrected chi connectivity index (χ3v) is 4.48. The van der Waals surface area contributed by atoms with Crippen molar-refractivity contribution in [1.82, 2.24) is 4.98 Å². The monoisotopic (exact) mass is 351 g/mol. The second-order valence-electron chi connectivity index (χ2n) is 6.56. The Balaban J connectivity index is 1.41. The summed E-state index contributed by atoms with van der Waals surface area (Å²) in [6, 6.07) is 11.8. The molecule has 1 aromatic heterocycles. The number of benzene rings is 1. The van der Waals surface area contributed by atoms with E-state index in [1.807, 2.05) is 36.4 Å². The minimum Gasteiger partial charge on any atom is -0.490 e. The zero-order valence-electron chi connectivity index (χ0n) is 15.0. The van der Waals surface area contributed by atoms with Crippen molar-refractivity contribution < 1.29 is 14.3 Å². The molecule has 4 heteroatoms. The van der Waals surface area contributed by atoms with E-state index in [0.717, 1.165) is 37.0 Å². The molecule has 3 rings (SSSR count). The fourth-order valence-corrected chi connectivity index (χ4v) is 3.10. The second-order valence-corrected chi connectivity index (χ2v) is 6.56. The summed E-state index contributed by atoms with van der Waals surface area (Å²) in [5, 5.41) is 0. The molecule has 0 spiro atoms. The number of pyridine rings is 1. The van der Waals surface area contributed by atoms with Gasteiger partial charge in [0, 0.05) is 18.5 Å². The van der Waals surface area contributed by atoms with Crippen LogP contribution in [0.3, 0.4) is 0 Å². The van der Waals surface area contributed by atoms with Crippen LogP contribution in [0.1, 0.15) is 43.2 Å². The largest absolute Gasteiger partial charge is 0.490 e. The number of carbonyl (C=O) groups excluding carboxylic acids is 1. The molecular weight excluding hydrogens is 326 g/mol. The van der Waals surface area contributed by atoms with Crippen molar-refractivity contribution in [3.05, 3.63) is 66.0 Å². The van der Waals surface area contributed by atoms with Gasteiger partial charge in [-0.25, -0.2) is 4.79 Å². The molecular formula is C22H25NO3. The summed E-state index contributed by atoms with van der Waals surface area (Å²) < 4.78 is 11.2. The highest BCUT2D eigenvalue weighted by Crippen LogP contribution is 2.24. The molecule has 1 fully saturated rings. The molecule has 0 aliphatic heterocycles. The molecule has 1 aromatic carbocycles. The van der Waals surface area contributed by atoms with Gasteiger partial charge in [0.25, 0.3) is 0 Å². The predicted octanol–water partition coefficient (Wildman–Crippen LogP) is 4.59. The first-order valence-corrected chi connectivity index (χ1v) is 9.30. The molecule has 0 unspecified atom stereocenters. The standard InChI is InChI=1S/C22H25NO3/c24-22(25-16-4-6-18-12-14-23-15-13-18)11-10-19-5-3-9-21(17-19)26-20-7-1-2-8-20/h3,5,9-15,17,20H,1-2,4,6-8,16H2/b11-10+. The van der Waals surface area contributed by atoms with Gasteiger partial charge >= 0.3 is 5.97 Å². The summed E-state index contributed by atoms with van der Waals surface area (Å²) in [7, 11) is 0. The number of ether oxygens (including phenoxy) is 2. The Hall–Kier alpha value is -2.62. The number of aromatic nitrogens is 1. The smallest absolute Gasteiger partial charge is 0.330 e. The molecule has 0 amide bonds. The number of esters is 1. The number of hydrogen-bond donors (Lipinski definition) is 0. The van der Waals surface area contributed by atoms with E-state index in [1.165, 1.54) is 24.5 Å². The summed E-state index contributed by atoms with van der Waals surface area (Å²) in [4.78, 5) is 15.8. The van der Waals surface area contributed by atoms with Crippen LogP contribution in [0.5, 0.6) is 5.75 Å². The van der Waals surface area contributed by atoms with E-state index in [2.05, 4.69) is 4.98 Å². The van der Waals surface area contributed by atoms with Crippen molar-refractivity contribution in [2.45, 2.75) is 44.6 Å². The number of nitrogens with zero attached hydrogens (tertiary/aromatic N) is 1. The first-order chi connectivity index (χ1) is 12.8. The van der Waals surface area contributed by atoms with Gasteiger partial charge in [-0.1, -0.05) is 12.1 Å². The van der Waals surface area contributed by atoms with E-state index in [0.29, 0.717) is 12.7 Å². The Morgan fingerprint density at radius 1 is 1.15 bits per heavy atom. The Bertz CT molecular complexity index is 721. The maximum atomic E-state index is 11.8. The van der Waals surface area contributed by atoms with Crippen LogP contribution in [0.15, 0.2) is 54.9 Å². The van der Waals surface area contributed by atoms with Crippen molar-refractivity contribution in [2.75, 3.05) is 6.61 Å². The molecule has 2 aromatic rings. The molecule has 4 nitrogen and oxygen atoms in total. The minimum absolute atomic E-state index is 0.318. The summed E-state index contributed by atoms with van der Waals surface area (Å²) in [5.74, 6) is 0.548. The molecule has 0 bridgehead atoms. The molecule has 1 heterocycles. The summed E-state index contributed by atoms with van der Waals surface area (Å²) in [6.45, 7) is 0.413. The van der Waals surface area contributed by atoms with E-state index in [4.69, 9.17) is 9.47 Å². The van der Waals surface area contributed by atoms with Crippen molar-refractivity contribution >= 4 is 12.0 Å². The molecule has 136 valence electrons. The van der Waals surface area contributed by atoms with Crippen LogP contribution in [0.2, 0.25) is 0 Å². The summed E-state index contributed by atoms with van der Waals surface area (Å²) in [6.07, 6.45) is 13.6. The predicted molar refractivity (Wildman–Crippen MR) is 102 cm³/mol. The first kappa shape index (κ1) is 18.2. The van der Waals surface area contributed by atoms with Crippen molar-refractivity contribution in [3.63, 3.8) is 0 Å². The zero-order chi connectivity index (χ0) is 18.0. The maximum Gasteiger partial charge on any atom is 0.330 e.